The first kappa shape index (κ1) is 58.0. The molecule has 354 valence electrons. The van der Waals surface area contributed by atoms with Crippen molar-refractivity contribution in [3.05, 3.63) is 0 Å². The smallest absolute Gasteiger partial charge is 0.308 e. The molecule has 0 heterocycles. The minimum absolute atomic E-state index is 0.231. The van der Waals surface area contributed by atoms with Crippen LogP contribution in [0.3, 0.4) is 0 Å². The van der Waals surface area contributed by atoms with E-state index in [4.69, 9.17) is 66.3 Å². The Hall–Kier alpha value is -1.05. The third-order valence-electron chi connectivity index (χ3n) is 8.23. The van der Waals surface area contributed by atoms with Crippen LogP contribution < -0.4 is 0 Å². The van der Waals surface area contributed by atoms with Crippen molar-refractivity contribution in [2.24, 2.45) is 0 Å². The number of hydrogen-bond donors (Lipinski definition) is 0. The fraction of sp³-hybridized carbons (Fsp3) is 0.977. The fourth-order valence-electron chi connectivity index (χ4n) is 5.16. The van der Waals surface area contributed by atoms with Gasteiger partial charge in [-0.1, -0.05) is 71.1 Å². The van der Waals surface area contributed by atoms with Crippen LogP contribution in [0.25, 0.3) is 0 Å². The third-order valence-corrected chi connectivity index (χ3v) is 8.23. The summed E-state index contributed by atoms with van der Waals surface area (Å²) in [6.07, 6.45) is 15.1. The van der Waals surface area contributed by atoms with Gasteiger partial charge in [-0.2, -0.15) is 0 Å². The highest BCUT2D eigenvalue weighted by Crippen LogP contribution is 2.11. The molecule has 0 aliphatic heterocycles. The first-order valence-corrected chi connectivity index (χ1v) is 22.7. The number of carbonyl (C=O) groups excluding carboxylic acids is 1. The van der Waals surface area contributed by atoms with E-state index >= 15 is 0 Å². The molecule has 0 radical (unpaired) electrons. The lowest BCUT2D eigenvalue weighted by atomic mass is 10.1. The highest BCUT2D eigenvalue weighted by Gasteiger charge is 2.15. The summed E-state index contributed by atoms with van der Waals surface area (Å²) >= 11 is 0. The molecule has 0 saturated carbocycles. The van der Waals surface area contributed by atoms with Gasteiger partial charge in [0, 0.05) is 6.61 Å². The second-order valence-corrected chi connectivity index (χ2v) is 14.8. The van der Waals surface area contributed by atoms with Gasteiger partial charge < -0.3 is 66.3 Å². The van der Waals surface area contributed by atoms with Crippen molar-refractivity contribution in [2.75, 3.05) is 172 Å². The third kappa shape index (κ3) is 54.9. The Bertz CT molecular complexity index is 803. The Morgan fingerprint density at radius 1 is 0.288 bits per heavy atom. The summed E-state index contributed by atoms with van der Waals surface area (Å²) in [6.45, 7) is 21.2. The normalized spacial score (nSPS) is 11.9. The molecule has 0 spiro atoms. The van der Waals surface area contributed by atoms with Crippen LogP contribution in [-0.4, -0.2) is 183 Å². The van der Waals surface area contributed by atoms with E-state index in [9.17, 15) is 4.79 Å². The monoisotopic (exact) mass is 857 g/mol. The van der Waals surface area contributed by atoms with Crippen LogP contribution >= 0.6 is 0 Å². The zero-order valence-corrected chi connectivity index (χ0v) is 38.0. The Morgan fingerprint density at radius 2 is 0.492 bits per heavy atom. The van der Waals surface area contributed by atoms with Crippen LogP contribution in [0.1, 0.15) is 105 Å². The van der Waals surface area contributed by atoms with Gasteiger partial charge in [0.1, 0.15) is 5.60 Å². The molecule has 0 aromatic rings. The number of esters is 1. The molecule has 59 heavy (non-hydrogen) atoms. The van der Waals surface area contributed by atoms with Crippen molar-refractivity contribution < 1.29 is 71.1 Å². The zero-order chi connectivity index (χ0) is 42.8. The molecule has 15 nitrogen and oxygen atoms in total. The first-order chi connectivity index (χ1) is 29.0. The molecule has 0 amide bonds. The first-order valence-electron chi connectivity index (χ1n) is 22.7. The van der Waals surface area contributed by atoms with Gasteiger partial charge in [-0.25, -0.2) is 0 Å². The summed E-state index contributed by atoms with van der Waals surface area (Å²) in [7, 11) is 0. The SMILES string of the molecule is CCCCCCCCCCCCCOCCOCCOCCOCCOCCOCCOCCOCCOCCOCCOCCOCCOCCC(=O)OC(C)(C)C. The molecule has 0 saturated heterocycles. The molecular weight excluding hydrogens is 768 g/mol. The number of ether oxygens (including phenoxy) is 14. The van der Waals surface area contributed by atoms with E-state index in [1.807, 2.05) is 20.8 Å². The summed E-state index contributed by atoms with van der Waals surface area (Å²) in [5.74, 6) is -0.264. The van der Waals surface area contributed by atoms with Crippen molar-refractivity contribution in [3.8, 4) is 0 Å². The van der Waals surface area contributed by atoms with Crippen molar-refractivity contribution >= 4 is 5.97 Å². The molecule has 0 aliphatic rings. The van der Waals surface area contributed by atoms with Crippen LogP contribution in [0.15, 0.2) is 0 Å². The molecule has 0 unspecified atom stereocenters. The molecule has 0 atom stereocenters. The maximum absolute atomic E-state index is 11.6. The average Bonchev–Trinajstić information content (AvgIpc) is 3.21. The van der Waals surface area contributed by atoms with Crippen molar-refractivity contribution in [1.29, 1.82) is 0 Å². The van der Waals surface area contributed by atoms with Gasteiger partial charge in [0.05, 0.1) is 172 Å². The van der Waals surface area contributed by atoms with E-state index in [1.54, 1.807) is 0 Å². The van der Waals surface area contributed by atoms with Gasteiger partial charge in [0.25, 0.3) is 0 Å². The van der Waals surface area contributed by atoms with E-state index in [0.29, 0.717) is 165 Å². The summed E-state index contributed by atoms with van der Waals surface area (Å²) in [5.41, 5.74) is -0.475. The predicted molar refractivity (Wildman–Crippen MR) is 228 cm³/mol. The molecule has 0 rings (SSSR count). The van der Waals surface area contributed by atoms with E-state index in [-0.39, 0.29) is 12.4 Å². The molecule has 0 aromatic carbocycles. The number of hydrogen-bond acceptors (Lipinski definition) is 15. The minimum atomic E-state index is -0.475. The molecule has 0 N–H and O–H groups in total. The topological polar surface area (TPSA) is 146 Å². The second kappa shape index (κ2) is 49.6. The molecular formula is C44H88O15. The van der Waals surface area contributed by atoms with Gasteiger partial charge in [-0.15, -0.1) is 0 Å². The lowest BCUT2D eigenvalue weighted by Gasteiger charge is -2.19. The van der Waals surface area contributed by atoms with Crippen molar-refractivity contribution in [3.63, 3.8) is 0 Å². The standard InChI is InChI=1S/C44H88O15/c1-5-6-7-8-9-10-11-12-13-14-15-17-46-19-21-48-23-25-50-27-29-52-31-33-54-35-37-56-39-41-58-42-40-57-38-36-55-34-32-53-30-28-51-26-24-49-22-20-47-18-16-43(45)59-44(2,3)4/h5-42H2,1-4H3. The van der Waals surface area contributed by atoms with E-state index in [2.05, 4.69) is 6.92 Å². The van der Waals surface area contributed by atoms with Crippen molar-refractivity contribution in [2.45, 2.75) is 110 Å². The lowest BCUT2D eigenvalue weighted by molar-refractivity contribution is -0.156. The highest BCUT2D eigenvalue weighted by molar-refractivity contribution is 5.69. The van der Waals surface area contributed by atoms with Crippen LogP contribution in [0.5, 0.6) is 0 Å². The number of unbranched alkanes of at least 4 members (excludes halogenated alkanes) is 10. The van der Waals surface area contributed by atoms with Crippen LogP contribution in [0.2, 0.25) is 0 Å². The summed E-state index contributed by atoms with van der Waals surface area (Å²) in [4.78, 5) is 11.6. The van der Waals surface area contributed by atoms with Crippen LogP contribution in [0, 0.1) is 0 Å². The molecule has 0 fully saturated rings. The minimum Gasteiger partial charge on any atom is -0.460 e. The van der Waals surface area contributed by atoms with E-state index in [0.717, 1.165) is 13.0 Å². The van der Waals surface area contributed by atoms with Crippen LogP contribution in [0.4, 0.5) is 0 Å². The van der Waals surface area contributed by atoms with Crippen LogP contribution in [-0.2, 0) is 71.1 Å². The predicted octanol–water partition coefficient (Wildman–Crippen LogP) is 6.25. The molecule has 15 heteroatoms. The van der Waals surface area contributed by atoms with E-state index < -0.39 is 5.60 Å². The maximum Gasteiger partial charge on any atom is 0.308 e. The second-order valence-electron chi connectivity index (χ2n) is 14.8. The molecule has 0 aliphatic carbocycles. The molecule has 0 aromatic heterocycles. The Labute approximate surface area is 358 Å². The number of carbonyl (C=O) groups is 1. The highest BCUT2D eigenvalue weighted by atomic mass is 16.6. The van der Waals surface area contributed by atoms with E-state index in [1.165, 1.54) is 64.2 Å². The van der Waals surface area contributed by atoms with Gasteiger partial charge in [0.2, 0.25) is 0 Å². The summed E-state index contributed by atoms with van der Waals surface area (Å²) in [6, 6.07) is 0. The summed E-state index contributed by atoms with van der Waals surface area (Å²) < 4.78 is 76.8. The summed E-state index contributed by atoms with van der Waals surface area (Å²) in [5, 5.41) is 0. The van der Waals surface area contributed by atoms with Gasteiger partial charge in [-0.3, -0.25) is 4.79 Å². The van der Waals surface area contributed by atoms with Gasteiger partial charge in [0.15, 0.2) is 0 Å². The average molecular weight is 857 g/mol. The number of rotatable bonds is 51. The molecule has 0 bridgehead atoms. The Kier molecular flexibility index (Phi) is 48.7. The maximum atomic E-state index is 11.6. The largest absolute Gasteiger partial charge is 0.460 e. The van der Waals surface area contributed by atoms with Gasteiger partial charge in [-0.05, 0) is 27.2 Å². The quantitative estimate of drug-likeness (QED) is 0.0502. The zero-order valence-electron chi connectivity index (χ0n) is 38.0. The lowest BCUT2D eigenvalue weighted by Crippen LogP contribution is -2.24. The Balaban J connectivity index is 3.09. The van der Waals surface area contributed by atoms with Gasteiger partial charge >= 0.3 is 5.97 Å². The van der Waals surface area contributed by atoms with Crippen molar-refractivity contribution in [1.82, 2.24) is 0 Å². The Morgan fingerprint density at radius 3 is 0.729 bits per heavy atom. The fourth-order valence-corrected chi connectivity index (χ4v) is 5.16.